The molecule has 0 atom stereocenters. The molecule has 1 aliphatic heterocycles. The fourth-order valence-electron chi connectivity index (χ4n) is 3.86. The Balaban J connectivity index is 2.03. The van der Waals surface area contributed by atoms with E-state index in [0.717, 1.165) is 50.2 Å². The van der Waals surface area contributed by atoms with E-state index in [1.54, 1.807) is 0 Å². The van der Waals surface area contributed by atoms with Crippen molar-refractivity contribution in [2.75, 3.05) is 13.1 Å². The van der Waals surface area contributed by atoms with Crippen LogP contribution in [0.15, 0.2) is 36.4 Å². The van der Waals surface area contributed by atoms with E-state index >= 15 is 0 Å². The van der Waals surface area contributed by atoms with Crippen molar-refractivity contribution < 1.29 is 26.3 Å². The van der Waals surface area contributed by atoms with Crippen LogP contribution in [0.1, 0.15) is 30.0 Å². The zero-order valence-corrected chi connectivity index (χ0v) is 14.1. The Morgan fingerprint density at radius 1 is 0.741 bits per heavy atom. The molecule has 1 fully saturated rings. The summed E-state index contributed by atoms with van der Waals surface area (Å²) < 4.78 is 80.8. The van der Waals surface area contributed by atoms with Gasteiger partial charge in [0.05, 0.1) is 11.1 Å². The maximum absolute atomic E-state index is 13.2. The molecule has 0 aliphatic carbocycles. The number of piperidine rings is 1. The first-order chi connectivity index (χ1) is 12.7. The molecule has 2 nitrogen and oxygen atoms in total. The maximum atomic E-state index is 13.2. The molecule has 1 aromatic heterocycles. The third-order valence-corrected chi connectivity index (χ3v) is 5.13. The minimum atomic E-state index is -4.56. The van der Waals surface area contributed by atoms with Gasteiger partial charge in [-0.3, -0.25) is 0 Å². The predicted molar refractivity (Wildman–Crippen MR) is 90.6 cm³/mol. The maximum Gasteiger partial charge on any atom is 0.416 e. The Morgan fingerprint density at radius 2 is 1.19 bits per heavy atom. The lowest BCUT2D eigenvalue weighted by molar-refractivity contribution is -0.138. The van der Waals surface area contributed by atoms with E-state index < -0.39 is 23.5 Å². The molecular formula is C19H16F6N2. The third kappa shape index (κ3) is 3.16. The Bertz CT molecular complexity index is 922. The summed E-state index contributed by atoms with van der Waals surface area (Å²) in [5.74, 6) is 0. The van der Waals surface area contributed by atoms with Crippen molar-refractivity contribution in [3.05, 3.63) is 47.5 Å². The summed E-state index contributed by atoms with van der Waals surface area (Å²) in [6.07, 6.45) is -7.58. The molecule has 1 aliphatic rings. The number of nitrogens with zero attached hydrogens (tertiary/aromatic N) is 1. The molecule has 8 heteroatoms. The van der Waals surface area contributed by atoms with Crippen LogP contribution in [-0.4, -0.2) is 17.7 Å². The van der Waals surface area contributed by atoms with E-state index in [2.05, 4.69) is 5.32 Å². The van der Waals surface area contributed by atoms with E-state index in [-0.39, 0.29) is 16.8 Å². The molecule has 144 valence electrons. The van der Waals surface area contributed by atoms with E-state index in [4.69, 9.17) is 0 Å². The summed E-state index contributed by atoms with van der Waals surface area (Å²) in [6.45, 7) is 1.51. The van der Waals surface area contributed by atoms with Crippen molar-refractivity contribution >= 4 is 21.8 Å². The average molecular weight is 386 g/mol. The van der Waals surface area contributed by atoms with Gasteiger partial charge in [-0.25, -0.2) is 0 Å². The highest BCUT2D eigenvalue weighted by molar-refractivity contribution is 6.08. The number of rotatable bonds is 1. The number of benzene rings is 2. The summed E-state index contributed by atoms with van der Waals surface area (Å²) in [5.41, 5.74) is -0.665. The largest absolute Gasteiger partial charge is 0.416 e. The summed E-state index contributed by atoms with van der Waals surface area (Å²) in [4.78, 5) is 0. The number of nitrogens with one attached hydrogen (secondary N) is 1. The molecule has 0 amide bonds. The van der Waals surface area contributed by atoms with Gasteiger partial charge in [-0.2, -0.15) is 26.3 Å². The quantitative estimate of drug-likeness (QED) is 0.527. The molecule has 0 radical (unpaired) electrons. The van der Waals surface area contributed by atoms with Gasteiger partial charge in [0.25, 0.3) is 0 Å². The van der Waals surface area contributed by atoms with E-state index in [1.807, 2.05) is 4.57 Å². The normalized spacial score (nSPS) is 17.1. The number of hydrogen-bond donors (Lipinski definition) is 1. The standard InChI is InChI=1S/C19H16F6N2/c20-18(21,22)11-1-3-16-14(9-11)15-10-12(19(23,24)25)2-4-17(15)27(16)13-5-7-26-8-6-13/h1-4,9-10,13,26H,5-8H2. The number of halogens is 6. The fourth-order valence-corrected chi connectivity index (χ4v) is 3.86. The molecule has 27 heavy (non-hydrogen) atoms. The Morgan fingerprint density at radius 3 is 1.59 bits per heavy atom. The topological polar surface area (TPSA) is 17.0 Å². The van der Waals surface area contributed by atoms with Crippen LogP contribution in [0.25, 0.3) is 21.8 Å². The molecule has 0 saturated carbocycles. The van der Waals surface area contributed by atoms with Gasteiger partial charge in [-0.05, 0) is 62.3 Å². The third-order valence-electron chi connectivity index (χ3n) is 5.13. The van der Waals surface area contributed by atoms with E-state index in [0.29, 0.717) is 11.0 Å². The highest BCUT2D eigenvalue weighted by Gasteiger charge is 2.33. The molecule has 4 rings (SSSR count). The van der Waals surface area contributed by atoms with Gasteiger partial charge < -0.3 is 9.88 Å². The summed E-state index contributed by atoms with van der Waals surface area (Å²) in [6, 6.07) is 6.65. The van der Waals surface area contributed by atoms with Crippen LogP contribution in [-0.2, 0) is 12.4 Å². The van der Waals surface area contributed by atoms with Crippen LogP contribution in [0.2, 0.25) is 0 Å². The number of fused-ring (bicyclic) bond motifs is 3. The lowest BCUT2D eigenvalue weighted by Gasteiger charge is -2.26. The lowest BCUT2D eigenvalue weighted by Crippen LogP contribution is -2.29. The highest BCUT2D eigenvalue weighted by Crippen LogP contribution is 2.40. The molecule has 0 spiro atoms. The van der Waals surface area contributed by atoms with Crippen molar-refractivity contribution in [3.63, 3.8) is 0 Å². The first kappa shape index (κ1) is 18.2. The smallest absolute Gasteiger partial charge is 0.337 e. The highest BCUT2D eigenvalue weighted by atomic mass is 19.4. The second-order valence-corrected chi connectivity index (χ2v) is 6.81. The molecule has 0 bridgehead atoms. The van der Waals surface area contributed by atoms with Crippen LogP contribution in [0.5, 0.6) is 0 Å². The van der Waals surface area contributed by atoms with Gasteiger partial charge in [0.2, 0.25) is 0 Å². The Hall–Kier alpha value is -2.22. The average Bonchev–Trinajstić information content (AvgIpc) is 2.94. The van der Waals surface area contributed by atoms with Crippen LogP contribution in [0, 0.1) is 0 Å². The molecular weight excluding hydrogens is 370 g/mol. The van der Waals surface area contributed by atoms with Crippen molar-refractivity contribution in [2.45, 2.75) is 31.2 Å². The van der Waals surface area contributed by atoms with E-state index in [1.165, 1.54) is 12.1 Å². The lowest BCUT2D eigenvalue weighted by atomic mass is 10.1. The van der Waals surface area contributed by atoms with Crippen LogP contribution >= 0.6 is 0 Å². The molecule has 2 heterocycles. The molecule has 1 N–H and O–H groups in total. The van der Waals surface area contributed by atoms with Gasteiger partial charge in [0, 0.05) is 27.8 Å². The predicted octanol–water partition coefficient (Wildman–Crippen LogP) is 5.76. The van der Waals surface area contributed by atoms with Crippen LogP contribution in [0.4, 0.5) is 26.3 Å². The second-order valence-electron chi connectivity index (χ2n) is 6.81. The van der Waals surface area contributed by atoms with Crippen molar-refractivity contribution in [3.8, 4) is 0 Å². The van der Waals surface area contributed by atoms with Gasteiger partial charge in [-0.1, -0.05) is 0 Å². The SMILES string of the molecule is FC(F)(F)c1ccc2c(c1)c1cc(C(F)(F)F)ccc1n2C1CCNCC1. The summed E-state index contributed by atoms with van der Waals surface area (Å²) >= 11 is 0. The second kappa shape index (κ2) is 6.15. The number of hydrogen-bond acceptors (Lipinski definition) is 1. The van der Waals surface area contributed by atoms with Gasteiger partial charge in [-0.15, -0.1) is 0 Å². The molecule has 3 aromatic rings. The van der Waals surface area contributed by atoms with Gasteiger partial charge in [0.15, 0.2) is 0 Å². The molecule has 1 saturated heterocycles. The fraction of sp³-hybridized carbons (Fsp3) is 0.368. The van der Waals surface area contributed by atoms with Gasteiger partial charge >= 0.3 is 12.4 Å². The first-order valence-electron chi connectivity index (χ1n) is 8.59. The summed E-state index contributed by atoms with van der Waals surface area (Å²) in [7, 11) is 0. The first-order valence-corrected chi connectivity index (χ1v) is 8.59. The molecule has 0 unspecified atom stereocenters. The zero-order chi connectivity index (χ0) is 19.4. The Labute approximate surface area is 150 Å². The minimum absolute atomic E-state index is 0.0275. The number of alkyl halides is 6. The minimum Gasteiger partial charge on any atom is -0.337 e. The Kier molecular flexibility index (Phi) is 4.14. The van der Waals surface area contributed by atoms with Crippen LogP contribution in [0.3, 0.4) is 0 Å². The monoisotopic (exact) mass is 386 g/mol. The number of aromatic nitrogens is 1. The zero-order valence-electron chi connectivity index (χ0n) is 14.1. The van der Waals surface area contributed by atoms with Crippen molar-refractivity contribution in [1.29, 1.82) is 0 Å². The summed E-state index contributed by atoms with van der Waals surface area (Å²) in [5, 5.41) is 3.62. The van der Waals surface area contributed by atoms with Crippen LogP contribution < -0.4 is 5.32 Å². The van der Waals surface area contributed by atoms with Crippen molar-refractivity contribution in [2.24, 2.45) is 0 Å². The van der Waals surface area contributed by atoms with Gasteiger partial charge in [0.1, 0.15) is 0 Å². The molecule has 2 aromatic carbocycles. The van der Waals surface area contributed by atoms with Crippen molar-refractivity contribution in [1.82, 2.24) is 9.88 Å². The van der Waals surface area contributed by atoms with E-state index in [9.17, 15) is 26.3 Å².